The van der Waals surface area contributed by atoms with Gasteiger partial charge in [-0.3, -0.25) is 4.68 Å². The highest BCUT2D eigenvalue weighted by Crippen LogP contribution is 2.29. The Morgan fingerprint density at radius 2 is 2.15 bits per heavy atom. The molecule has 0 saturated carbocycles. The highest BCUT2D eigenvalue weighted by Gasteiger charge is 2.32. The molecule has 0 spiro atoms. The van der Waals surface area contributed by atoms with E-state index in [0.717, 1.165) is 37.8 Å². The third-order valence-corrected chi connectivity index (χ3v) is 4.62. The Labute approximate surface area is 119 Å². The fourth-order valence-electron chi connectivity index (χ4n) is 3.66. The third-order valence-electron chi connectivity index (χ3n) is 4.62. The Balaban J connectivity index is 1.88. The van der Waals surface area contributed by atoms with E-state index in [0.29, 0.717) is 6.04 Å². The van der Waals surface area contributed by atoms with Gasteiger partial charge in [-0.2, -0.15) is 5.10 Å². The second-order valence-electron chi connectivity index (χ2n) is 5.94. The lowest BCUT2D eigenvalue weighted by atomic mass is 9.90. The molecule has 5 heteroatoms. The molecule has 110 valence electrons. The maximum absolute atomic E-state index is 11.4. The van der Waals surface area contributed by atoms with Gasteiger partial charge in [-0.15, -0.1) is 0 Å². The van der Waals surface area contributed by atoms with E-state index in [4.69, 9.17) is 0 Å². The molecular formula is C15H23N3O2. The van der Waals surface area contributed by atoms with E-state index in [1.807, 2.05) is 4.68 Å². The standard InChI is InChI=1S/C15H23N3O2/c1-2-7-18-13-6-5-11(17-8-3-4-9-17)10-12(13)14(16-18)15(19)20/h11H,2-10H2,1H3,(H,19,20). The van der Waals surface area contributed by atoms with Crippen molar-refractivity contribution >= 4 is 5.97 Å². The van der Waals surface area contributed by atoms with E-state index in [1.165, 1.54) is 31.6 Å². The summed E-state index contributed by atoms with van der Waals surface area (Å²) >= 11 is 0. The normalized spacial score (nSPS) is 22.9. The molecule has 1 unspecified atom stereocenters. The topological polar surface area (TPSA) is 58.4 Å². The first-order valence-electron chi connectivity index (χ1n) is 7.76. The van der Waals surface area contributed by atoms with Crippen LogP contribution in [0.4, 0.5) is 0 Å². The summed E-state index contributed by atoms with van der Waals surface area (Å²) in [4.78, 5) is 14.0. The van der Waals surface area contributed by atoms with Crippen LogP contribution in [0.2, 0.25) is 0 Å². The van der Waals surface area contributed by atoms with Crippen LogP contribution in [0.15, 0.2) is 0 Å². The predicted octanol–water partition coefficient (Wildman–Crippen LogP) is 1.94. The number of likely N-dealkylation sites (tertiary alicyclic amines) is 1. The predicted molar refractivity (Wildman–Crippen MR) is 76.1 cm³/mol. The van der Waals surface area contributed by atoms with Gasteiger partial charge in [0.2, 0.25) is 0 Å². The van der Waals surface area contributed by atoms with Crippen molar-refractivity contribution in [3.63, 3.8) is 0 Å². The molecule has 5 nitrogen and oxygen atoms in total. The van der Waals surface area contributed by atoms with Crippen LogP contribution in [0.1, 0.15) is 54.4 Å². The molecule has 2 heterocycles. The van der Waals surface area contributed by atoms with Gasteiger partial charge in [-0.1, -0.05) is 6.92 Å². The number of aryl methyl sites for hydroxylation is 1. The van der Waals surface area contributed by atoms with Crippen molar-refractivity contribution < 1.29 is 9.90 Å². The molecule has 20 heavy (non-hydrogen) atoms. The Bertz CT molecular complexity index is 503. The molecule has 0 radical (unpaired) electrons. The van der Waals surface area contributed by atoms with Gasteiger partial charge in [-0.25, -0.2) is 4.79 Å². The highest BCUT2D eigenvalue weighted by molar-refractivity contribution is 5.87. The van der Waals surface area contributed by atoms with Crippen molar-refractivity contribution in [3.05, 3.63) is 17.0 Å². The Kier molecular flexibility index (Phi) is 3.78. The minimum atomic E-state index is -0.877. The largest absolute Gasteiger partial charge is 0.476 e. The summed E-state index contributed by atoms with van der Waals surface area (Å²) in [6.07, 6.45) is 6.52. The first kappa shape index (κ1) is 13.6. The zero-order chi connectivity index (χ0) is 14.1. The van der Waals surface area contributed by atoms with Crippen LogP contribution in [-0.2, 0) is 19.4 Å². The summed E-state index contributed by atoms with van der Waals surface area (Å²) in [7, 11) is 0. The summed E-state index contributed by atoms with van der Waals surface area (Å²) in [5, 5.41) is 13.7. The van der Waals surface area contributed by atoms with E-state index in [2.05, 4.69) is 16.9 Å². The molecule has 1 N–H and O–H groups in total. The van der Waals surface area contributed by atoms with Gasteiger partial charge < -0.3 is 10.0 Å². The SMILES string of the molecule is CCCn1nc(C(=O)O)c2c1CCC(N1CCCC1)C2. The van der Waals surface area contributed by atoms with Gasteiger partial charge in [0, 0.05) is 23.8 Å². The van der Waals surface area contributed by atoms with Gasteiger partial charge >= 0.3 is 5.97 Å². The Hall–Kier alpha value is -1.36. The van der Waals surface area contributed by atoms with Crippen molar-refractivity contribution in [2.45, 2.75) is 58.0 Å². The molecule has 1 aromatic heterocycles. The number of hydrogen-bond acceptors (Lipinski definition) is 3. The second kappa shape index (κ2) is 5.56. The van der Waals surface area contributed by atoms with Gasteiger partial charge in [-0.05, 0) is 51.6 Å². The van der Waals surface area contributed by atoms with Crippen LogP contribution in [0.5, 0.6) is 0 Å². The van der Waals surface area contributed by atoms with Crippen molar-refractivity contribution in [2.24, 2.45) is 0 Å². The van der Waals surface area contributed by atoms with Crippen molar-refractivity contribution in [1.29, 1.82) is 0 Å². The van der Waals surface area contributed by atoms with E-state index >= 15 is 0 Å². The molecule has 1 aromatic rings. The van der Waals surface area contributed by atoms with Gasteiger partial charge in [0.25, 0.3) is 0 Å². The van der Waals surface area contributed by atoms with Crippen LogP contribution in [0, 0.1) is 0 Å². The van der Waals surface area contributed by atoms with Crippen LogP contribution < -0.4 is 0 Å². The number of aromatic carboxylic acids is 1. The van der Waals surface area contributed by atoms with Crippen molar-refractivity contribution in [3.8, 4) is 0 Å². The smallest absolute Gasteiger partial charge is 0.356 e. The van der Waals surface area contributed by atoms with E-state index < -0.39 is 5.97 Å². The molecule has 1 atom stereocenters. The lowest BCUT2D eigenvalue weighted by molar-refractivity contribution is 0.0687. The molecule has 0 bridgehead atoms. The third kappa shape index (κ3) is 2.35. The number of rotatable bonds is 4. The zero-order valence-corrected chi connectivity index (χ0v) is 12.1. The molecule has 1 aliphatic carbocycles. The van der Waals surface area contributed by atoms with E-state index in [1.54, 1.807) is 0 Å². The monoisotopic (exact) mass is 277 g/mol. The van der Waals surface area contributed by atoms with E-state index in [-0.39, 0.29) is 5.69 Å². The number of carboxylic acids is 1. The summed E-state index contributed by atoms with van der Waals surface area (Å²) in [6, 6.07) is 0.516. The number of aromatic nitrogens is 2. The zero-order valence-electron chi connectivity index (χ0n) is 12.1. The summed E-state index contributed by atoms with van der Waals surface area (Å²) in [5.41, 5.74) is 2.45. The Morgan fingerprint density at radius 3 is 2.80 bits per heavy atom. The van der Waals surface area contributed by atoms with Crippen LogP contribution in [-0.4, -0.2) is 44.9 Å². The summed E-state index contributed by atoms with van der Waals surface area (Å²) in [6.45, 7) is 5.27. The maximum atomic E-state index is 11.4. The average Bonchev–Trinajstić information content (AvgIpc) is 3.06. The maximum Gasteiger partial charge on any atom is 0.356 e. The molecular weight excluding hydrogens is 254 g/mol. The molecule has 1 fully saturated rings. The summed E-state index contributed by atoms with van der Waals surface area (Å²) in [5.74, 6) is -0.877. The molecule has 1 saturated heterocycles. The van der Waals surface area contributed by atoms with Crippen molar-refractivity contribution in [2.75, 3.05) is 13.1 Å². The minimum absolute atomic E-state index is 0.289. The number of fused-ring (bicyclic) bond motifs is 1. The number of hydrogen-bond donors (Lipinski definition) is 1. The van der Waals surface area contributed by atoms with E-state index in [9.17, 15) is 9.90 Å². The summed E-state index contributed by atoms with van der Waals surface area (Å²) < 4.78 is 1.93. The van der Waals surface area contributed by atoms with Gasteiger partial charge in [0.15, 0.2) is 5.69 Å². The fourth-order valence-corrected chi connectivity index (χ4v) is 3.66. The van der Waals surface area contributed by atoms with Crippen LogP contribution >= 0.6 is 0 Å². The first-order chi connectivity index (χ1) is 9.70. The molecule has 0 amide bonds. The number of carboxylic acid groups (broad SMARTS) is 1. The Morgan fingerprint density at radius 1 is 1.40 bits per heavy atom. The van der Waals surface area contributed by atoms with Gasteiger partial charge in [0.05, 0.1) is 0 Å². The lowest BCUT2D eigenvalue weighted by Gasteiger charge is -2.31. The molecule has 1 aliphatic heterocycles. The molecule has 0 aromatic carbocycles. The lowest BCUT2D eigenvalue weighted by Crippen LogP contribution is -2.37. The molecule has 3 rings (SSSR count). The van der Waals surface area contributed by atoms with Crippen LogP contribution in [0.3, 0.4) is 0 Å². The highest BCUT2D eigenvalue weighted by atomic mass is 16.4. The average molecular weight is 277 g/mol. The van der Waals surface area contributed by atoms with Gasteiger partial charge in [0.1, 0.15) is 0 Å². The second-order valence-corrected chi connectivity index (χ2v) is 5.94. The quantitative estimate of drug-likeness (QED) is 0.914. The minimum Gasteiger partial charge on any atom is -0.476 e. The molecule has 2 aliphatic rings. The number of carbonyl (C=O) groups is 1. The van der Waals surface area contributed by atoms with Crippen LogP contribution in [0.25, 0.3) is 0 Å². The number of nitrogens with zero attached hydrogens (tertiary/aromatic N) is 3. The van der Waals surface area contributed by atoms with Crippen molar-refractivity contribution in [1.82, 2.24) is 14.7 Å². The fraction of sp³-hybridized carbons (Fsp3) is 0.733. The first-order valence-corrected chi connectivity index (χ1v) is 7.76.